The molecule has 17 heavy (non-hydrogen) atoms. The zero-order valence-electron chi connectivity index (χ0n) is 9.89. The number of pyridine rings is 1. The van der Waals surface area contributed by atoms with Crippen LogP contribution in [0.4, 0.5) is 0 Å². The third-order valence-corrected chi connectivity index (χ3v) is 3.43. The van der Waals surface area contributed by atoms with E-state index in [0.29, 0.717) is 25.9 Å². The fourth-order valence-corrected chi connectivity index (χ4v) is 2.27. The zero-order chi connectivity index (χ0) is 12.3. The number of piperidine rings is 1. The Morgan fingerprint density at radius 2 is 2.18 bits per heavy atom. The lowest BCUT2D eigenvalue weighted by atomic mass is 9.76. The lowest BCUT2D eigenvalue weighted by molar-refractivity contribution is -0.130. The van der Waals surface area contributed by atoms with Crippen LogP contribution >= 0.6 is 0 Å². The first kappa shape index (κ1) is 11.6. The highest BCUT2D eigenvalue weighted by molar-refractivity contribution is 5.73. The molecule has 0 saturated carbocycles. The quantitative estimate of drug-likeness (QED) is 0.733. The summed E-state index contributed by atoms with van der Waals surface area (Å²) >= 11 is 0. The number of rotatable bonds is 1. The Kier molecular flexibility index (Phi) is 3.10. The first-order chi connectivity index (χ1) is 8.18. The van der Waals surface area contributed by atoms with Crippen molar-refractivity contribution in [1.82, 2.24) is 9.88 Å². The molecule has 2 heterocycles. The third-order valence-electron chi connectivity index (χ3n) is 3.43. The van der Waals surface area contributed by atoms with Gasteiger partial charge in [0.05, 0.1) is 11.8 Å². The number of hydrogen-bond acceptors (Lipinski definition) is 3. The minimum absolute atomic E-state index is 0.0811. The van der Waals surface area contributed by atoms with E-state index < -0.39 is 5.41 Å². The van der Waals surface area contributed by atoms with Crippen LogP contribution in [-0.2, 0) is 10.2 Å². The Morgan fingerprint density at radius 1 is 1.47 bits per heavy atom. The van der Waals surface area contributed by atoms with Crippen molar-refractivity contribution >= 4 is 5.91 Å². The molecule has 1 fully saturated rings. The molecule has 0 aliphatic carbocycles. The molecule has 1 saturated heterocycles. The lowest BCUT2D eigenvalue weighted by Gasteiger charge is -2.36. The second kappa shape index (κ2) is 4.54. The average Bonchev–Trinajstić information content (AvgIpc) is 2.40. The van der Waals surface area contributed by atoms with Gasteiger partial charge in [-0.05, 0) is 25.0 Å². The van der Waals surface area contributed by atoms with Crippen LogP contribution in [0.1, 0.15) is 25.5 Å². The summed E-state index contributed by atoms with van der Waals surface area (Å²) in [4.78, 5) is 17.3. The molecule has 1 aromatic rings. The van der Waals surface area contributed by atoms with E-state index in [1.54, 1.807) is 18.0 Å². The molecule has 0 N–H and O–H groups in total. The van der Waals surface area contributed by atoms with E-state index in [9.17, 15) is 10.1 Å². The molecule has 1 aliphatic heterocycles. The molecule has 4 nitrogen and oxygen atoms in total. The Bertz CT molecular complexity index is 441. The SMILES string of the molecule is CC(=O)N1CCC(C#N)(c2ccccn2)CC1. The van der Waals surface area contributed by atoms with Gasteiger partial charge in [0.2, 0.25) is 5.91 Å². The van der Waals surface area contributed by atoms with Gasteiger partial charge in [-0.15, -0.1) is 0 Å². The number of aromatic nitrogens is 1. The monoisotopic (exact) mass is 229 g/mol. The summed E-state index contributed by atoms with van der Waals surface area (Å²) in [5.41, 5.74) is 0.304. The topological polar surface area (TPSA) is 57.0 Å². The Labute approximate surface area is 101 Å². The largest absolute Gasteiger partial charge is 0.343 e. The van der Waals surface area contributed by atoms with Crippen molar-refractivity contribution in [2.75, 3.05) is 13.1 Å². The van der Waals surface area contributed by atoms with Gasteiger partial charge in [0.25, 0.3) is 0 Å². The van der Waals surface area contributed by atoms with Gasteiger partial charge in [0.1, 0.15) is 5.41 Å². The average molecular weight is 229 g/mol. The van der Waals surface area contributed by atoms with E-state index in [-0.39, 0.29) is 5.91 Å². The summed E-state index contributed by atoms with van der Waals surface area (Å²) in [5.74, 6) is 0.0811. The van der Waals surface area contributed by atoms with Crippen LogP contribution in [0.3, 0.4) is 0 Å². The van der Waals surface area contributed by atoms with Crippen LogP contribution in [0.2, 0.25) is 0 Å². The number of hydrogen-bond donors (Lipinski definition) is 0. The van der Waals surface area contributed by atoms with Crippen molar-refractivity contribution in [3.63, 3.8) is 0 Å². The van der Waals surface area contributed by atoms with Crippen LogP contribution < -0.4 is 0 Å². The molecular weight excluding hydrogens is 214 g/mol. The maximum atomic E-state index is 11.3. The van der Waals surface area contributed by atoms with Gasteiger partial charge in [-0.3, -0.25) is 9.78 Å². The maximum Gasteiger partial charge on any atom is 0.219 e. The van der Waals surface area contributed by atoms with E-state index in [1.165, 1.54) is 0 Å². The molecule has 2 rings (SSSR count). The van der Waals surface area contributed by atoms with Crippen molar-refractivity contribution < 1.29 is 4.79 Å². The standard InChI is InChI=1S/C13H15N3O/c1-11(17)16-8-5-13(10-14,6-9-16)12-4-2-3-7-15-12/h2-4,7H,5-6,8-9H2,1H3. The number of amides is 1. The van der Waals surface area contributed by atoms with Crippen LogP contribution in [0.25, 0.3) is 0 Å². The van der Waals surface area contributed by atoms with Crippen LogP contribution in [0.5, 0.6) is 0 Å². The molecule has 0 spiro atoms. The highest BCUT2D eigenvalue weighted by atomic mass is 16.2. The minimum Gasteiger partial charge on any atom is -0.343 e. The van der Waals surface area contributed by atoms with Gasteiger partial charge in [0.15, 0.2) is 0 Å². The van der Waals surface area contributed by atoms with E-state index >= 15 is 0 Å². The summed E-state index contributed by atoms with van der Waals surface area (Å²) in [6.07, 6.45) is 3.05. The molecule has 0 aromatic carbocycles. The molecule has 0 bridgehead atoms. The molecule has 4 heteroatoms. The molecule has 1 aromatic heterocycles. The number of carbonyl (C=O) groups excluding carboxylic acids is 1. The third kappa shape index (κ3) is 2.14. The fraction of sp³-hybridized carbons (Fsp3) is 0.462. The van der Waals surface area contributed by atoms with Crippen molar-refractivity contribution in [3.05, 3.63) is 30.1 Å². The molecular formula is C13H15N3O. The van der Waals surface area contributed by atoms with E-state index in [1.807, 2.05) is 18.2 Å². The lowest BCUT2D eigenvalue weighted by Crippen LogP contribution is -2.44. The summed E-state index contributed by atoms with van der Waals surface area (Å²) in [6, 6.07) is 8.04. The van der Waals surface area contributed by atoms with E-state index in [4.69, 9.17) is 0 Å². The van der Waals surface area contributed by atoms with E-state index in [2.05, 4.69) is 11.1 Å². The molecule has 0 unspecified atom stereocenters. The molecule has 0 radical (unpaired) electrons. The molecule has 0 atom stereocenters. The van der Waals surface area contributed by atoms with Crippen LogP contribution in [-0.4, -0.2) is 28.9 Å². The summed E-state index contributed by atoms with van der Waals surface area (Å²) in [7, 11) is 0. The smallest absolute Gasteiger partial charge is 0.219 e. The predicted octanol–water partition coefficient (Wildman–Crippen LogP) is 1.49. The molecule has 88 valence electrons. The summed E-state index contributed by atoms with van der Waals surface area (Å²) < 4.78 is 0. The fourth-order valence-electron chi connectivity index (χ4n) is 2.27. The number of nitrogens with zero attached hydrogens (tertiary/aromatic N) is 3. The minimum atomic E-state index is -0.521. The van der Waals surface area contributed by atoms with Crippen molar-refractivity contribution in [2.24, 2.45) is 0 Å². The van der Waals surface area contributed by atoms with Gasteiger partial charge >= 0.3 is 0 Å². The number of nitriles is 1. The Balaban J connectivity index is 2.20. The van der Waals surface area contributed by atoms with Gasteiger partial charge in [-0.25, -0.2) is 0 Å². The van der Waals surface area contributed by atoms with Gasteiger partial charge in [0, 0.05) is 26.2 Å². The first-order valence-electron chi connectivity index (χ1n) is 5.76. The summed E-state index contributed by atoms with van der Waals surface area (Å²) in [6.45, 7) is 2.85. The van der Waals surface area contributed by atoms with E-state index in [0.717, 1.165) is 5.69 Å². The molecule has 1 aliphatic rings. The van der Waals surface area contributed by atoms with Gasteiger partial charge in [-0.2, -0.15) is 5.26 Å². The second-order valence-electron chi connectivity index (χ2n) is 4.41. The summed E-state index contributed by atoms with van der Waals surface area (Å²) in [5, 5.41) is 9.43. The number of likely N-dealkylation sites (tertiary alicyclic amines) is 1. The normalized spacial score (nSPS) is 18.5. The first-order valence-corrected chi connectivity index (χ1v) is 5.76. The number of carbonyl (C=O) groups is 1. The van der Waals surface area contributed by atoms with Crippen molar-refractivity contribution in [3.8, 4) is 6.07 Å². The van der Waals surface area contributed by atoms with Crippen LogP contribution in [0, 0.1) is 11.3 Å². The van der Waals surface area contributed by atoms with Gasteiger partial charge < -0.3 is 4.90 Å². The second-order valence-corrected chi connectivity index (χ2v) is 4.41. The van der Waals surface area contributed by atoms with Gasteiger partial charge in [-0.1, -0.05) is 6.07 Å². The van der Waals surface area contributed by atoms with Crippen molar-refractivity contribution in [1.29, 1.82) is 5.26 Å². The Morgan fingerprint density at radius 3 is 2.65 bits per heavy atom. The predicted molar refractivity (Wildman–Crippen MR) is 63.0 cm³/mol. The zero-order valence-corrected chi connectivity index (χ0v) is 9.89. The van der Waals surface area contributed by atoms with Crippen LogP contribution in [0.15, 0.2) is 24.4 Å². The van der Waals surface area contributed by atoms with Crippen molar-refractivity contribution in [2.45, 2.75) is 25.2 Å². The molecule has 1 amide bonds. The Hall–Kier alpha value is -1.89. The highest BCUT2D eigenvalue weighted by Crippen LogP contribution is 2.33. The highest BCUT2D eigenvalue weighted by Gasteiger charge is 2.38. The maximum absolute atomic E-state index is 11.3.